The Morgan fingerprint density at radius 3 is 2.58 bits per heavy atom. The van der Waals surface area contributed by atoms with Crippen LogP contribution in [0.1, 0.15) is 16.1 Å². The number of anilines is 2. The molecule has 3 heterocycles. The maximum atomic E-state index is 13.0. The molecule has 1 saturated heterocycles. The average Bonchev–Trinajstić information content (AvgIpc) is 3.41. The zero-order chi connectivity index (χ0) is 25.7. The molecule has 0 aliphatic carbocycles. The molecule has 0 bridgehead atoms. The number of carbonyl (C=O) groups excluding carboxylic acids is 1. The summed E-state index contributed by atoms with van der Waals surface area (Å²) in [5.74, 6) is 0.485. The van der Waals surface area contributed by atoms with E-state index >= 15 is 0 Å². The van der Waals surface area contributed by atoms with E-state index in [1.165, 1.54) is 0 Å². The molecular formula is C30H28N6O2. The number of nitrogens with one attached hydrogen (secondary N) is 2. The van der Waals surface area contributed by atoms with Crippen LogP contribution in [0.2, 0.25) is 0 Å². The van der Waals surface area contributed by atoms with Gasteiger partial charge < -0.3 is 20.3 Å². The Morgan fingerprint density at radius 2 is 1.76 bits per heavy atom. The number of carbonyl (C=O) groups is 1. The maximum absolute atomic E-state index is 13.0. The summed E-state index contributed by atoms with van der Waals surface area (Å²) in [7, 11) is 0. The summed E-state index contributed by atoms with van der Waals surface area (Å²) >= 11 is 0. The average molecular weight is 505 g/mol. The first-order valence-corrected chi connectivity index (χ1v) is 12.7. The molecule has 1 amide bonds. The molecule has 1 aliphatic heterocycles. The molecular weight excluding hydrogens is 476 g/mol. The number of rotatable bonds is 7. The smallest absolute Gasteiger partial charge is 0.274 e. The van der Waals surface area contributed by atoms with E-state index in [9.17, 15) is 4.79 Å². The standard InChI is InChI=1S/C30H28N6O2/c37-30(33-24-9-11-25(12-10-24)35-17-14-31-15-18-35)28-13-16-36-29(34-28)27(20-32-36)23-7-4-8-26(19-23)38-21-22-5-2-1-3-6-22/h1-13,16,19-20,31H,14-15,17-18,21H2,(H,33,37). The lowest BCUT2D eigenvalue weighted by molar-refractivity contribution is 0.102. The van der Waals surface area contributed by atoms with Crippen molar-refractivity contribution in [2.24, 2.45) is 0 Å². The fourth-order valence-corrected chi connectivity index (χ4v) is 4.57. The lowest BCUT2D eigenvalue weighted by atomic mass is 10.1. The van der Waals surface area contributed by atoms with Crippen molar-refractivity contribution in [1.82, 2.24) is 19.9 Å². The van der Waals surface area contributed by atoms with Gasteiger partial charge in [0, 0.05) is 49.3 Å². The van der Waals surface area contributed by atoms with Crippen molar-refractivity contribution in [2.45, 2.75) is 6.61 Å². The maximum Gasteiger partial charge on any atom is 0.274 e. The van der Waals surface area contributed by atoms with Crippen molar-refractivity contribution in [3.05, 3.63) is 109 Å². The zero-order valence-electron chi connectivity index (χ0n) is 20.9. The van der Waals surface area contributed by atoms with Crippen LogP contribution in [0.25, 0.3) is 16.8 Å². The van der Waals surface area contributed by atoms with Crippen LogP contribution in [0.15, 0.2) is 97.3 Å². The van der Waals surface area contributed by atoms with Gasteiger partial charge in [0.05, 0.1) is 6.20 Å². The normalized spacial score (nSPS) is 13.4. The number of benzene rings is 3. The van der Waals surface area contributed by atoms with E-state index in [1.54, 1.807) is 23.0 Å². The highest BCUT2D eigenvalue weighted by molar-refractivity contribution is 6.03. The molecule has 190 valence electrons. The Labute approximate surface area is 220 Å². The first kappa shape index (κ1) is 23.7. The fourth-order valence-electron chi connectivity index (χ4n) is 4.57. The largest absolute Gasteiger partial charge is 0.489 e. The minimum absolute atomic E-state index is 0.269. The summed E-state index contributed by atoms with van der Waals surface area (Å²) in [6.07, 6.45) is 3.51. The number of piperazine rings is 1. The Bertz CT molecular complexity index is 1540. The molecule has 0 unspecified atom stereocenters. The fraction of sp³-hybridized carbons (Fsp3) is 0.167. The first-order chi connectivity index (χ1) is 18.7. The van der Waals surface area contributed by atoms with Gasteiger partial charge in [0.1, 0.15) is 18.1 Å². The lowest BCUT2D eigenvalue weighted by Gasteiger charge is -2.29. The van der Waals surface area contributed by atoms with Gasteiger partial charge >= 0.3 is 0 Å². The van der Waals surface area contributed by atoms with Gasteiger partial charge in [-0.2, -0.15) is 5.10 Å². The second-order valence-corrected chi connectivity index (χ2v) is 9.18. The number of nitrogens with zero attached hydrogens (tertiary/aromatic N) is 4. The first-order valence-electron chi connectivity index (χ1n) is 12.7. The monoisotopic (exact) mass is 504 g/mol. The summed E-state index contributed by atoms with van der Waals surface area (Å²) < 4.78 is 7.67. The van der Waals surface area contributed by atoms with Gasteiger partial charge in [-0.15, -0.1) is 0 Å². The second kappa shape index (κ2) is 10.7. The van der Waals surface area contributed by atoms with Gasteiger partial charge in [-0.05, 0) is 53.6 Å². The van der Waals surface area contributed by atoms with Crippen molar-refractivity contribution in [2.75, 3.05) is 36.4 Å². The van der Waals surface area contributed by atoms with E-state index in [2.05, 4.69) is 25.6 Å². The molecule has 6 rings (SSSR count). The zero-order valence-corrected chi connectivity index (χ0v) is 20.9. The van der Waals surface area contributed by atoms with Gasteiger partial charge in [0.25, 0.3) is 5.91 Å². The van der Waals surface area contributed by atoms with Gasteiger partial charge in [-0.3, -0.25) is 4.79 Å². The Kier molecular flexibility index (Phi) is 6.70. The summed E-state index contributed by atoms with van der Waals surface area (Å²) in [6, 6.07) is 27.5. The van der Waals surface area contributed by atoms with E-state index in [1.807, 2.05) is 78.9 Å². The Hall–Kier alpha value is -4.69. The van der Waals surface area contributed by atoms with Crippen LogP contribution in [0, 0.1) is 0 Å². The van der Waals surface area contributed by atoms with Crippen molar-refractivity contribution < 1.29 is 9.53 Å². The summed E-state index contributed by atoms with van der Waals surface area (Å²) in [4.78, 5) is 20.0. The second-order valence-electron chi connectivity index (χ2n) is 9.18. The molecule has 3 aromatic carbocycles. The lowest BCUT2D eigenvalue weighted by Crippen LogP contribution is -2.43. The molecule has 38 heavy (non-hydrogen) atoms. The van der Waals surface area contributed by atoms with Gasteiger partial charge in [-0.1, -0.05) is 42.5 Å². The number of amides is 1. The predicted octanol–water partition coefficient (Wildman–Crippen LogP) is 4.64. The minimum Gasteiger partial charge on any atom is -0.489 e. The third-order valence-corrected chi connectivity index (χ3v) is 6.60. The molecule has 1 aliphatic rings. The molecule has 0 saturated carbocycles. The van der Waals surface area contributed by atoms with Crippen molar-refractivity contribution in [1.29, 1.82) is 0 Å². The summed E-state index contributed by atoms with van der Waals surface area (Å²) in [5, 5.41) is 10.8. The van der Waals surface area contributed by atoms with Crippen LogP contribution in [0.4, 0.5) is 11.4 Å². The van der Waals surface area contributed by atoms with Crippen LogP contribution in [0.3, 0.4) is 0 Å². The predicted molar refractivity (Wildman–Crippen MR) is 149 cm³/mol. The SMILES string of the molecule is O=C(Nc1ccc(N2CCNCC2)cc1)c1ccn2ncc(-c3cccc(OCc4ccccc4)c3)c2n1. The van der Waals surface area contributed by atoms with Gasteiger partial charge in [-0.25, -0.2) is 9.50 Å². The van der Waals surface area contributed by atoms with Crippen LogP contribution in [0.5, 0.6) is 5.75 Å². The molecule has 2 aromatic heterocycles. The molecule has 0 radical (unpaired) electrons. The molecule has 2 N–H and O–H groups in total. The number of aromatic nitrogens is 3. The van der Waals surface area contributed by atoms with Gasteiger partial charge in [0.15, 0.2) is 5.65 Å². The summed E-state index contributed by atoms with van der Waals surface area (Å²) in [6.45, 7) is 4.40. The summed E-state index contributed by atoms with van der Waals surface area (Å²) in [5.41, 5.74) is 5.65. The molecule has 0 spiro atoms. The number of ether oxygens (including phenoxy) is 1. The van der Waals surface area contributed by atoms with E-state index in [0.29, 0.717) is 17.9 Å². The van der Waals surface area contributed by atoms with Crippen LogP contribution in [-0.4, -0.2) is 46.7 Å². The number of hydrogen-bond acceptors (Lipinski definition) is 6. The van der Waals surface area contributed by atoms with Crippen LogP contribution < -0.4 is 20.3 Å². The quantitative estimate of drug-likeness (QED) is 0.336. The molecule has 5 aromatic rings. The van der Waals surface area contributed by atoms with E-state index < -0.39 is 0 Å². The third kappa shape index (κ3) is 5.21. The molecule has 8 nitrogen and oxygen atoms in total. The van der Waals surface area contributed by atoms with E-state index in [4.69, 9.17) is 4.74 Å². The van der Waals surface area contributed by atoms with Gasteiger partial charge in [0.2, 0.25) is 0 Å². The van der Waals surface area contributed by atoms with Crippen molar-refractivity contribution in [3.8, 4) is 16.9 Å². The van der Waals surface area contributed by atoms with E-state index in [0.717, 1.165) is 60.0 Å². The molecule has 1 fully saturated rings. The van der Waals surface area contributed by atoms with Crippen molar-refractivity contribution in [3.63, 3.8) is 0 Å². The van der Waals surface area contributed by atoms with Crippen LogP contribution >= 0.6 is 0 Å². The number of fused-ring (bicyclic) bond motifs is 1. The molecule has 8 heteroatoms. The Morgan fingerprint density at radius 1 is 0.947 bits per heavy atom. The van der Waals surface area contributed by atoms with E-state index in [-0.39, 0.29) is 5.91 Å². The minimum atomic E-state index is -0.269. The highest BCUT2D eigenvalue weighted by atomic mass is 16.5. The Balaban J connectivity index is 1.18. The highest BCUT2D eigenvalue weighted by Crippen LogP contribution is 2.27. The topological polar surface area (TPSA) is 83.8 Å². The third-order valence-electron chi connectivity index (χ3n) is 6.60. The number of hydrogen-bond donors (Lipinski definition) is 2. The molecule has 0 atom stereocenters. The highest BCUT2D eigenvalue weighted by Gasteiger charge is 2.15. The van der Waals surface area contributed by atoms with Crippen molar-refractivity contribution >= 4 is 22.9 Å². The van der Waals surface area contributed by atoms with Crippen LogP contribution in [-0.2, 0) is 6.61 Å².